The Hall–Kier alpha value is -3.65. The van der Waals surface area contributed by atoms with Crippen LogP contribution in [0.4, 0.5) is 11.8 Å². The lowest BCUT2D eigenvalue weighted by Crippen LogP contribution is -2.06. The van der Waals surface area contributed by atoms with Crippen LogP contribution in [0.25, 0.3) is 16.9 Å². The van der Waals surface area contributed by atoms with E-state index >= 15 is 0 Å². The summed E-state index contributed by atoms with van der Waals surface area (Å²) in [4.78, 5) is 13.4. The third-order valence-corrected chi connectivity index (χ3v) is 4.36. The number of methoxy groups -OCH3 is 2. The Bertz CT molecular complexity index is 1130. The molecule has 0 radical (unpaired) electrons. The van der Waals surface area contributed by atoms with E-state index in [9.17, 15) is 5.11 Å². The van der Waals surface area contributed by atoms with E-state index in [1.807, 2.05) is 34.9 Å². The summed E-state index contributed by atoms with van der Waals surface area (Å²) in [5, 5.41) is 12.8. The minimum absolute atomic E-state index is 0.126. The van der Waals surface area contributed by atoms with E-state index in [4.69, 9.17) is 14.5 Å². The van der Waals surface area contributed by atoms with E-state index < -0.39 is 0 Å². The second-order valence-corrected chi connectivity index (χ2v) is 5.98. The number of hydrogen-bond acceptors (Lipinski definition) is 7. The van der Waals surface area contributed by atoms with Gasteiger partial charge in [-0.1, -0.05) is 6.07 Å². The zero-order chi connectivity index (χ0) is 19.5. The molecule has 8 heteroatoms. The molecule has 0 atom stereocenters. The molecule has 2 N–H and O–H groups in total. The largest absolute Gasteiger partial charge is 0.493 e. The summed E-state index contributed by atoms with van der Waals surface area (Å²) in [5.41, 5.74) is 2.97. The van der Waals surface area contributed by atoms with Crippen molar-refractivity contribution >= 4 is 17.4 Å². The molecule has 3 heterocycles. The van der Waals surface area contributed by atoms with Gasteiger partial charge in [-0.3, -0.25) is 4.40 Å². The van der Waals surface area contributed by atoms with Crippen molar-refractivity contribution in [2.24, 2.45) is 0 Å². The van der Waals surface area contributed by atoms with Crippen LogP contribution in [0.3, 0.4) is 0 Å². The number of aliphatic hydroxyl groups excluding tert-OH is 1. The highest BCUT2D eigenvalue weighted by molar-refractivity contribution is 5.70. The van der Waals surface area contributed by atoms with Crippen molar-refractivity contribution in [2.45, 2.75) is 6.61 Å². The topological polar surface area (TPSA) is 93.8 Å². The van der Waals surface area contributed by atoms with Crippen LogP contribution >= 0.6 is 0 Å². The van der Waals surface area contributed by atoms with E-state index in [-0.39, 0.29) is 6.61 Å². The van der Waals surface area contributed by atoms with Crippen LogP contribution in [0.2, 0.25) is 0 Å². The number of fused-ring (bicyclic) bond motifs is 1. The number of ether oxygens (including phenoxy) is 2. The smallest absolute Gasteiger partial charge is 0.214 e. The molecule has 0 fully saturated rings. The predicted octanol–water partition coefficient (Wildman–Crippen LogP) is 3.04. The highest BCUT2D eigenvalue weighted by Crippen LogP contribution is 2.32. The maximum Gasteiger partial charge on any atom is 0.214 e. The lowest BCUT2D eigenvalue weighted by atomic mass is 10.1. The lowest BCUT2D eigenvalue weighted by Gasteiger charge is -2.13. The second kappa shape index (κ2) is 7.53. The van der Waals surface area contributed by atoms with Crippen molar-refractivity contribution in [3.8, 4) is 22.8 Å². The molecule has 8 nitrogen and oxygen atoms in total. The first kappa shape index (κ1) is 17.7. The summed E-state index contributed by atoms with van der Waals surface area (Å²) in [7, 11) is 3.19. The van der Waals surface area contributed by atoms with E-state index in [0.717, 1.165) is 11.2 Å². The van der Waals surface area contributed by atoms with Crippen LogP contribution in [0.1, 0.15) is 5.56 Å². The maximum absolute atomic E-state index is 9.56. The number of aromatic nitrogens is 4. The van der Waals surface area contributed by atoms with Gasteiger partial charge < -0.3 is 19.9 Å². The number of rotatable bonds is 6. The monoisotopic (exact) mass is 377 g/mol. The van der Waals surface area contributed by atoms with Crippen LogP contribution in [0.15, 0.2) is 55.0 Å². The molecular weight excluding hydrogens is 358 g/mol. The van der Waals surface area contributed by atoms with E-state index in [2.05, 4.69) is 15.3 Å². The van der Waals surface area contributed by atoms with Crippen molar-refractivity contribution in [2.75, 3.05) is 19.5 Å². The Kier molecular flexibility index (Phi) is 4.77. The molecule has 0 saturated heterocycles. The molecule has 0 bridgehead atoms. The van der Waals surface area contributed by atoms with E-state index in [1.165, 1.54) is 0 Å². The first-order valence-electron chi connectivity index (χ1n) is 8.61. The van der Waals surface area contributed by atoms with Gasteiger partial charge in [-0.05, 0) is 24.3 Å². The standard InChI is InChI=1S/C20H19N5O3/c1-27-16-6-5-13(10-17(16)28-2)15-11-18-21-8-9-25(18)20(23-15)24-19-14(12-26)4-3-7-22-19/h3-11,26H,12H2,1-2H3,(H,22,23,24). The van der Waals surface area contributed by atoms with Crippen molar-refractivity contribution in [1.29, 1.82) is 0 Å². The number of imidazole rings is 1. The predicted molar refractivity (Wildman–Crippen MR) is 105 cm³/mol. The molecule has 0 amide bonds. The van der Waals surface area contributed by atoms with Gasteiger partial charge in [0.05, 0.1) is 26.5 Å². The van der Waals surface area contributed by atoms with Crippen LogP contribution < -0.4 is 14.8 Å². The molecule has 0 aliphatic heterocycles. The zero-order valence-electron chi connectivity index (χ0n) is 15.5. The molecule has 28 heavy (non-hydrogen) atoms. The van der Waals surface area contributed by atoms with Crippen LogP contribution in [-0.2, 0) is 6.61 Å². The van der Waals surface area contributed by atoms with Crippen molar-refractivity contribution in [1.82, 2.24) is 19.4 Å². The maximum atomic E-state index is 9.56. The minimum atomic E-state index is -0.126. The molecule has 0 spiro atoms. The Morgan fingerprint density at radius 3 is 2.68 bits per heavy atom. The number of pyridine rings is 1. The van der Waals surface area contributed by atoms with Crippen molar-refractivity contribution < 1.29 is 14.6 Å². The quantitative estimate of drug-likeness (QED) is 0.533. The third-order valence-electron chi connectivity index (χ3n) is 4.36. The van der Waals surface area contributed by atoms with Crippen molar-refractivity contribution in [3.05, 3.63) is 60.6 Å². The highest BCUT2D eigenvalue weighted by Gasteiger charge is 2.13. The summed E-state index contributed by atoms with van der Waals surface area (Å²) >= 11 is 0. The number of aliphatic hydroxyl groups is 1. The molecule has 4 rings (SSSR count). The van der Waals surface area contributed by atoms with Crippen molar-refractivity contribution in [3.63, 3.8) is 0 Å². The van der Waals surface area contributed by atoms with Gasteiger partial charge in [0.25, 0.3) is 0 Å². The van der Waals surface area contributed by atoms with E-state index in [1.54, 1.807) is 38.7 Å². The summed E-state index contributed by atoms with van der Waals surface area (Å²) < 4.78 is 12.5. The summed E-state index contributed by atoms with van der Waals surface area (Å²) in [6.45, 7) is -0.126. The fraction of sp³-hybridized carbons (Fsp3) is 0.150. The summed E-state index contributed by atoms with van der Waals surface area (Å²) in [5.74, 6) is 2.34. The second-order valence-electron chi connectivity index (χ2n) is 5.98. The number of nitrogens with zero attached hydrogens (tertiary/aromatic N) is 4. The zero-order valence-corrected chi connectivity index (χ0v) is 15.5. The molecule has 0 saturated carbocycles. The Balaban J connectivity index is 1.81. The van der Waals surface area contributed by atoms with E-state index in [0.29, 0.717) is 34.5 Å². The molecular formula is C20H19N5O3. The van der Waals surface area contributed by atoms with Gasteiger partial charge in [0.15, 0.2) is 11.5 Å². The summed E-state index contributed by atoms with van der Waals surface area (Å²) in [6, 6.07) is 11.1. The Morgan fingerprint density at radius 2 is 1.89 bits per heavy atom. The van der Waals surface area contributed by atoms with Crippen LogP contribution in [0.5, 0.6) is 11.5 Å². The molecule has 0 unspecified atom stereocenters. The van der Waals surface area contributed by atoms with Crippen LogP contribution in [0, 0.1) is 0 Å². The normalized spacial score (nSPS) is 10.8. The first-order valence-corrected chi connectivity index (χ1v) is 8.61. The van der Waals surface area contributed by atoms with Gasteiger partial charge in [-0.2, -0.15) is 0 Å². The average molecular weight is 377 g/mol. The molecule has 1 aromatic carbocycles. The number of hydrogen-bond donors (Lipinski definition) is 2. The molecule has 4 aromatic rings. The molecule has 3 aromatic heterocycles. The Morgan fingerprint density at radius 1 is 1.04 bits per heavy atom. The average Bonchev–Trinajstić information content (AvgIpc) is 3.22. The van der Waals surface area contributed by atoms with Gasteiger partial charge in [-0.25, -0.2) is 15.0 Å². The van der Waals surface area contributed by atoms with Crippen LogP contribution in [-0.4, -0.2) is 38.7 Å². The van der Waals surface area contributed by atoms with Gasteiger partial charge in [-0.15, -0.1) is 0 Å². The first-order chi connectivity index (χ1) is 13.7. The number of benzene rings is 1. The number of anilines is 2. The minimum Gasteiger partial charge on any atom is -0.493 e. The lowest BCUT2D eigenvalue weighted by molar-refractivity contribution is 0.282. The Labute approximate surface area is 161 Å². The highest BCUT2D eigenvalue weighted by atomic mass is 16.5. The molecule has 0 aliphatic rings. The van der Waals surface area contributed by atoms with Gasteiger partial charge >= 0.3 is 0 Å². The van der Waals surface area contributed by atoms with Gasteiger partial charge in [0, 0.05) is 35.8 Å². The van der Waals surface area contributed by atoms with Gasteiger partial charge in [0.2, 0.25) is 5.95 Å². The summed E-state index contributed by atoms with van der Waals surface area (Å²) in [6.07, 6.45) is 5.17. The third kappa shape index (κ3) is 3.21. The molecule has 0 aliphatic carbocycles. The van der Waals surface area contributed by atoms with Gasteiger partial charge in [0.1, 0.15) is 11.5 Å². The molecule has 142 valence electrons. The fourth-order valence-electron chi connectivity index (χ4n) is 2.94. The SMILES string of the molecule is COc1ccc(-c2cc3nccn3c(Nc3ncccc3CO)n2)cc1OC. The number of nitrogens with one attached hydrogen (secondary N) is 1. The fourth-order valence-corrected chi connectivity index (χ4v) is 2.94.